The summed E-state index contributed by atoms with van der Waals surface area (Å²) in [4.78, 5) is 30.0. The zero-order valence-corrected chi connectivity index (χ0v) is 18.1. The lowest BCUT2D eigenvalue weighted by Gasteiger charge is -2.46. The second-order valence-electron chi connectivity index (χ2n) is 8.46. The molecule has 0 N–H and O–H groups in total. The zero-order valence-electron chi connectivity index (χ0n) is 18.1. The molecule has 1 aliphatic heterocycles. The van der Waals surface area contributed by atoms with E-state index < -0.39 is 5.41 Å². The number of hydrogen-bond donors (Lipinski definition) is 0. The van der Waals surface area contributed by atoms with Crippen LogP contribution in [0.2, 0.25) is 0 Å². The first kappa shape index (κ1) is 18.9. The molecule has 7 rings (SSSR count). The average molecular weight is 438 g/mol. The maximum absolute atomic E-state index is 13.5. The van der Waals surface area contributed by atoms with E-state index in [1.54, 1.807) is 12.4 Å². The fourth-order valence-electron chi connectivity index (χ4n) is 5.53. The van der Waals surface area contributed by atoms with Crippen LogP contribution in [0.1, 0.15) is 38.4 Å². The Hall–Kier alpha value is -4.64. The summed E-state index contributed by atoms with van der Waals surface area (Å²) in [6.07, 6.45) is 7.21. The van der Waals surface area contributed by atoms with Gasteiger partial charge in [-0.25, -0.2) is 0 Å². The summed E-state index contributed by atoms with van der Waals surface area (Å²) in [5.41, 5.74) is 6.75. The van der Waals surface area contributed by atoms with Gasteiger partial charge in [0, 0.05) is 47.2 Å². The van der Waals surface area contributed by atoms with E-state index in [-0.39, 0.29) is 5.78 Å². The number of para-hydroxylation sites is 2. The molecule has 0 radical (unpaired) electrons. The van der Waals surface area contributed by atoms with E-state index in [1.165, 1.54) is 0 Å². The molecule has 1 aliphatic carbocycles. The van der Waals surface area contributed by atoms with Crippen LogP contribution in [0.15, 0.2) is 110 Å². The molecule has 5 heteroatoms. The maximum atomic E-state index is 13.5. The smallest absolute Gasteiger partial charge is 0.196 e. The molecule has 0 amide bonds. The van der Waals surface area contributed by atoms with Crippen molar-refractivity contribution in [1.82, 2.24) is 15.0 Å². The van der Waals surface area contributed by atoms with E-state index in [0.29, 0.717) is 22.5 Å². The Morgan fingerprint density at radius 3 is 2.00 bits per heavy atom. The highest BCUT2D eigenvalue weighted by Crippen LogP contribution is 2.58. The molecule has 0 unspecified atom stereocenters. The third-order valence-corrected chi connectivity index (χ3v) is 6.82. The van der Waals surface area contributed by atoms with Gasteiger partial charge in [-0.05, 0) is 54.1 Å². The van der Waals surface area contributed by atoms with E-state index >= 15 is 0 Å². The van der Waals surface area contributed by atoms with Crippen molar-refractivity contribution in [2.24, 2.45) is 0 Å². The van der Waals surface area contributed by atoms with Gasteiger partial charge in [0.1, 0.15) is 5.41 Å². The Morgan fingerprint density at radius 2 is 1.26 bits per heavy atom. The van der Waals surface area contributed by atoms with Gasteiger partial charge in [0.05, 0.1) is 22.8 Å². The summed E-state index contributed by atoms with van der Waals surface area (Å²) in [5, 5.41) is 0. The van der Waals surface area contributed by atoms with E-state index in [2.05, 4.69) is 34.1 Å². The number of rotatable bonds is 1. The van der Waals surface area contributed by atoms with E-state index in [1.807, 2.05) is 73.1 Å². The Morgan fingerprint density at radius 1 is 0.618 bits per heavy atom. The molecular weight excluding hydrogens is 420 g/mol. The van der Waals surface area contributed by atoms with Gasteiger partial charge in [0.15, 0.2) is 5.78 Å². The summed E-state index contributed by atoms with van der Waals surface area (Å²) in [7, 11) is 0. The standard InChI is InChI=1S/C29H18N4O/c34-26-20-10-6-15-31-27(20)29(28-21(26)11-7-16-32-28)22-12-4-5-13-24(22)33(19-8-2-1-3-9-19)25-14-17-30-18-23(25)29/h1-18H. The summed E-state index contributed by atoms with van der Waals surface area (Å²) in [6, 6.07) is 28.0. The summed E-state index contributed by atoms with van der Waals surface area (Å²) in [6.45, 7) is 0. The number of hydrogen-bond acceptors (Lipinski definition) is 5. The molecule has 5 aromatic rings. The van der Waals surface area contributed by atoms with Gasteiger partial charge in [-0.15, -0.1) is 0 Å². The highest BCUT2D eigenvalue weighted by molar-refractivity contribution is 6.14. The maximum Gasteiger partial charge on any atom is 0.196 e. The first-order valence-electron chi connectivity index (χ1n) is 11.2. The Kier molecular flexibility index (Phi) is 3.85. The van der Waals surface area contributed by atoms with Crippen molar-refractivity contribution in [3.8, 4) is 0 Å². The minimum atomic E-state index is -0.868. The fraction of sp³-hybridized carbons (Fsp3) is 0.0345. The van der Waals surface area contributed by atoms with Gasteiger partial charge < -0.3 is 4.90 Å². The van der Waals surface area contributed by atoms with Gasteiger partial charge in [-0.1, -0.05) is 36.4 Å². The molecule has 34 heavy (non-hydrogen) atoms. The van der Waals surface area contributed by atoms with Gasteiger partial charge in [-0.3, -0.25) is 19.7 Å². The van der Waals surface area contributed by atoms with Crippen LogP contribution in [-0.4, -0.2) is 20.7 Å². The molecule has 0 atom stereocenters. The topological polar surface area (TPSA) is 59.0 Å². The highest BCUT2D eigenvalue weighted by atomic mass is 16.1. The molecule has 5 nitrogen and oxygen atoms in total. The number of carbonyl (C=O) groups is 1. The third kappa shape index (κ3) is 2.28. The molecule has 2 aromatic carbocycles. The van der Waals surface area contributed by atoms with Gasteiger partial charge >= 0.3 is 0 Å². The monoisotopic (exact) mass is 438 g/mol. The molecular formula is C29H18N4O. The van der Waals surface area contributed by atoms with E-state index in [4.69, 9.17) is 9.97 Å². The molecule has 0 saturated heterocycles. The Bertz CT molecular complexity index is 1500. The van der Waals surface area contributed by atoms with Gasteiger partial charge in [0.25, 0.3) is 0 Å². The number of ketones is 1. The number of pyridine rings is 3. The molecule has 1 spiro atoms. The van der Waals surface area contributed by atoms with Crippen molar-refractivity contribution < 1.29 is 4.79 Å². The fourth-order valence-corrected chi connectivity index (χ4v) is 5.53. The van der Waals surface area contributed by atoms with Crippen LogP contribution in [0.4, 0.5) is 17.1 Å². The van der Waals surface area contributed by atoms with Crippen molar-refractivity contribution in [3.63, 3.8) is 0 Å². The number of benzene rings is 2. The molecule has 4 heterocycles. The first-order chi connectivity index (χ1) is 16.8. The summed E-state index contributed by atoms with van der Waals surface area (Å²) in [5.74, 6) is -0.0507. The molecule has 2 aliphatic rings. The minimum Gasteiger partial charge on any atom is -0.310 e. The first-order valence-corrected chi connectivity index (χ1v) is 11.2. The number of anilines is 3. The van der Waals surface area contributed by atoms with Crippen molar-refractivity contribution in [2.45, 2.75) is 5.41 Å². The lowest BCUT2D eigenvalue weighted by Crippen LogP contribution is -2.44. The highest BCUT2D eigenvalue weighted by Gasteiger charge is 2.54. The van der Waals surface area contributed by atoms with Crippen LogP contribution in [0.25, 0.3) is 0 Å². The lowest BCUT2D eigenvalue weighted by atomic mass is 9.61. The molecule has 160 valence electrons. The predicted molar refractivity (Wildman–Crippen MR) is 130 cm³/mol. The molecule has 0 fully saturated rings. The van der Waals surface area contributed by atoms with Gasteiger partial charge in [0.2, 0.25) is 0 Å². The Balaban J connectivity index is 1.69. The number of nitrogens with zero attached hydrogens (tertiary/aromatic N) is 4. The summed E-state index contributed by atoms with van der Waals surface area (Å²) < 4.78 is 0. The predicted octanol–water partition coefficient (Wildman–Crippen LogP) is 5.58. The van der Waals surface area contributed by atoms with E-state index in [0.717, 1.165) is 28.2 Å². The van der Waals surface area contributed by atoms with Crippen molar-refractivity contribution >= 4 is 22.8 Å². The van der Waals surface area contributed by atoms with E-state index in [9.17, 15) is 4.79 Å². The second-order valence-corrected chi connectivity index (χ2v) is 8.46. The number of carbonyl (C=O) groups excluding carboxylic acids is 1. The Labute approximate surface area is 196 Å². The largest absolute Gasteiger partial charge is 0.310 e. The minimum absolute atomic E-state index is 0.0507. The van der Waals surface area contributed by atoms with Crippen LogP contribution in [0, 0.1) is 0 Å². The number of fused-ring (bicyclic) bond motifs is 8. The van der Waals surface area contributed by atoms with Crippen LogP contribution in [-0.2, 0) is 5.41 Å². The average Bonchev–Trinajstić information content (AvgIpc) is 2.91. The molecule has 3 aromatic heterocycles. The van der Waals surface area contributed by atoms with Crippen LogP contribution >= 0.6 is 0 Å². The summed E-state index contributed by atoms with van der Waals surface area (Å²) >= 11 is 0. The van der Waals surface area contributed by atoms with Gasteiger partial charge in [-0.2, -0.15) is 0 Å². The van der Waals surface area contributed by atoms with Crippen LogP contribution < -0.4 is 4.90 Å². The van der Waals surface area contributed by atoms with Crippen LogP contribution in [0.5, 0.6) is 0 Å². The normalized spacial score (nSPS) is 14.7. The SMILES string of the molecule is O=C1c2cccnc2C2(c3ccccc3N(c3ccccc3)c3ccncc32)c2ncccc21. The molecule has 0 saturated carbocycles. The van der Waals surface area contributed by atoms with Crippen LogP contribution in [0.3, 0.4) is 0 Å². The second kappa shape index (κ2) is 6.93. The number of aromatic nitrogens is 3. The van der Waals surface area contributed by atoms with Crippen molar-refractivity contribution in [3.05, 3.63) is 143 Å². The zero-order chi connectivity index (χ0) is 22.7. The molecule has 0 bridgehead atoms. The van der Waals surface area contributed by atoms with Crippen molar-refractivity contribution in [2.75, 3.05) is 4.90 Å². The van der Waals surface area contributed by atoms with Crippen molar-refractivity contribution in [1.29, 1.82) is 0 Å². The third-order valence-electron chi connectivity index (χ3n) is 6.82. The lowest BCUT2D eigenvalue weighted by molar-refractivity contribution is 0.103. The quantitative estimate of drug-likeness (QED) is 0.335.